The molecule has 0 saturated heterocycles. The second kappa shape index (κ2) is 19.7. The Balaban J connectivity index is 0.00000150. The molecule has 172 valence electrons. The molecule has 2 unspecified atom stereocenters. The summed E-state index contributed by atoms with van der Waals surface area (Å²) in [6, 6.07) is 0. The third kappa shape index (κ3) is 21.1. The molecule has 1 aliphatic carbocycles. The van der Waals surface area contributed by atoms with Gasteiger partial charge in [0.05, 0.1) is 0 Å². The fourth-order valence-electron chi connectivity index (χ4n) is 4.07. The second-order valence-electron chi connectivity index (χ2n) is 9.25. The van der Waals surface area contributed by atoms with Crippen molar-refractivity contribution in [1.29, 1.82) is 0 Å². The van der Waals surface area contributed by atoms with Crippen LogP contribution in [-0.4, -0.2) is 63.6 Å². The Morgan fingerprint density at radius 3 is 1.50 bits per heavy atom. The van der Waals surface area contributed by atoms with E-state index in [9.17, 15) is 0 Å². The summed E-state index contributed by atoms with van der Waals surface area (Å²) in [5.41, 5.74) is 0.410. The Morgan fingerprint density at radius 1 is 0.767 bits per heavy atom. The Hall–Kier alpha value is 1.23. The second-order valence-corrected chi connectivity index (χ2v) is 11.8. The van der Waals surface area contributed by atoms with Gasteiger partial charge in [0.25, 0.3) is 0 Å². The van der Waals surface area contributed by atoms with Crippen LogP contribution in [0.25, 0.3) is 0 Å². The number of phosphoric acid groups is 1. The van der Waals surface area contributed by atoms with Crippen molar-refractivity contribution in [2.45, 2.75) is 111 Å². The summed E-state index contributed by atoms with van der Waals surface area (Å²) in [7, 11) is -4.64. The van der Waals surface area contributed by atoms with Gasteiger partial charge in [-0.15, -0.1) is 0 Å². The topological polar surface area (TPSA) is 77.8 Å². The normalized spacial score (nSPS) is 20.8. The van der Waals surface area contributed by atoms with Crippen LogP contribution in [0.1, 0.15) is 110 Å². The fourth-order valence-corrected chi connectivity index (χ4v) is 4.85. The average Bonchev–Trinajstić information content (AvgIpc) is 2.66. The van der Waals surface area contributed by atoms with Crippen molar-refractivity contribution >= 4 is 56.8 Å². The van der Waals surface area contributed by atoms with Crippen LogP contribution in [0.4, 0.5) is 0 Å². The predicted octanol–water partition coefficient (Wildman–Crippen LogP) is 7.26. The molecule has 4 nitrogen and oxygen atoms in total. The monoisotopic (exact) mass is 468 g/mol. The van der Waals surface area contributed by atoms with Crippen LogP contribution in [0, 0.1) is 11.3 Å². The Morgan fingerprint density at radius 2 is 1.13 bits per heavy atom. The smallest absolute Gasteiger partial charge is 0.303 e. The van der Waals surface area contributed by atoms with Crippen molar-refractivity contribution in [3.05, 3.63) is 24.3 Å². The van der Waals surface area contributed by atoms with Crippen LogP contribution in [0.15, 0.2) is 24.3 Å². The molecule has 2 atom stereocenters. The van der Waals surface area contributed by atoms with Crippen molar-refractivity contribution in [3.8, 4) is 0 Å². The van der Waals surface area contributed by atoms with Gasteiger partial charge in [-0.05, 0) is 17.8 Å². The van der Waals surface area contributed by atoms with Gasteiger partial charge in [-0.2, -0.15) is 0 Å². The first-order valence-electron chi connectivity index (χ1n) is 12.3. The molecule has 0 heterocycles. The third-order valence-electron chi connectivity index (χ3n) is 6.35. The molecule has 0 fully saturated rings. The molecule has 3 N–H and O–H groups in total. The van der Waals surface area contributed by atoms with Gasteiger partial charge in [-0.1, -0.05) is 57.4 Å². The number of rotatable bonds is 16. The molecule has 0 bridgehead atoms. The molecular formula is C24H46KO4P. The number of hydrogen-bond donors (Lipinski definition) is 3. The van der Waals surface area contributed by atoms with Gasteiger partial charge < -0.3 is 14.7 Å². The summed E-state index contributed by atoms with van der Waals surface area (Å²) in [6.45, 7) is 4.80. The van der Waals surface area contributed by atoms with Crippen molar-refractivity contribution in [3.63, 3.8) is 0 Å². The fraction of sp³-hybridized carbons (Fsp3) is 0.833. The largest absolute Gasteiger partial charge is 0.466 e. The number of allylic oxidation sites excluding steroid dienone is 4. The third-order valence-corrected chi connectivity index (χ3v) is 7.45. The van der Waals surface area contributed by atoms with E-state index in [0.717, 1.165) is 49.0 Å². The minimum atomic E-state index is -4.64. The van der Waals surface area contributed by atoms with E-state index in [-0.39, 0.29) is 0 Å². The Bertz CT molecular complexity index is 495. The zero-order chi connectivity index (χ0) is 22.7. The summed E-state index contributed by atoms with van der Waals surface area (Å²) in [6.07, 6.45) is 31.3. The van der Waals surface area contributed by atoms with E-state index in [0.29, 0.717) is 11.3 Å². The van der Waals surface area contributed by atoms with Crippen LogP contribution in [-0.2, 0) is 4.57 Å². The Kier molecular flexibility index (Phi) is 20.5. The first kappa shape index (κ1) is 31.2. The molecule has 0 aromatic rings. The SMILES string of the molecule is CC1C=CC=CC1(C)CCCCCCCCCCCCCCC[CH2][K].O=P(O)(O)O. The Labute approximate surface area is 220 Å². The first-order valence-corrected chi connectivity index (χ1v) is 16.1. The molecule has 0 radical (unpaired) electrons. The minimum absolute atomic E-state index is 0.410. The van der Waals surface area contributed by atoms with Crippen LogP contribution in [0.5, 0.6) is 0 Å². The molecule has 1 rings (SSSR count). The van der Waals surface area contributed by atoms with Gasteiger partial charge in [0.15, 0.2) is 0 Å². The molecule has 30 heavy (non-hydrogen) atoms. The summed E-state index contributed by atoms with van der Waals surface area (Å²) in [5, 5.41) is 0. The van der Waals surface area contributed by atoms with Crippen molar-refractivity contribution in [2.24, 2.45) is 11.3 Å². The van der Waals surface area contributed by atoms with E-state index >= 15 is 0 Å². The maximum absolute atomic E-state index is 8.88. The van der Waals surface area contributed by atoms with E-state index in [1.54, 1.807) is 0.515 Å². The van der Waals surface area contributed by atoms with Gasteiger partial charge in [0.2, 0.25) is 0 Å². The molecule has 0 spiro atoms. The molecular weight excluding hydrogens is 422 g/mol. The first-order chi connectivity index (χ1) is 14.2. The van der Waals surface area contributed by atoms with E-state index < -0.39 is 7.82 Å². The molecule has 0 aromatic heterocycles. The molecule has 0 saturated carbocycles. The zero-order valence-electron chi connectivity index (χ0n) is 19.9. The summed E-state index contributed by atoms with van der Waals surface area (Å²) < 4.78 is 10.4. The van der Waals surface area contributed by atoms with E-state index in [2.05, 4.69) is 38.2 Å². The molecule has 1 aliphatic rings. The molecule has 0 amide bonds. The summed E-state index contributed by atoms with van der Waals surface area (Å²) in [4.78, 5) is 21.6. The van der Waals surface area contributed by atoms with Crippen LogP contribution >= 0.6 is 7.82 Å². The van der Waals surface area contributed by atoms with Crippen molar-refractivity contribution in [2.75, 3.05) is 0 Å². The van der Waals surface area contributed by atoms with E-state index in [4.69, 9.17) is 19.2 Å². The maximum atomic E-state index is 8.88. The zero-order valence-corrected chi connectivity index (χ0v) is 23.9. The quantitative estimate of drug-likeness (QED) is 0.126. The average molecular weight is 469 g/mol. The predicted molar refractivity (Wildman–Crippen MR) is 130 cm³/mol. The molecule has 0 aliphatic heterocycles. The summed E-state index contributed by atoms with van der Waals surface area (Å²) >= 11 is 1.09. The van der Waals surface area contributed by atoms with E-state index in [1.807, 2.05) is 0 Å². The summed E-state index contributed by atoms with van der Waals surface area (Å²) in [5.74, 6) is 0.700. The molecule has 6 heteroatoms. The van der Waals surface area contributed by atoms with E-state index in [1.165, 1.54) is 96.3 Å². The van der Waals surface area contributed by atoms with Crippen molar-refractivity contribution < 1.29 is 19.2 Å². The van der Waals surface area contributed by atoms with Crippen LogP contribution < -0.4 is 0 Å². The van der Waals surface area contributed by atoms with Gasteiger partial charge >= 0.3 is 128 Å². The van der Waals surface area contributed by atoms with Crippen LogP contribution in [0.2, 0.25) is 0.515 Å². The minimum Gasteiger partial charge on any atom is -0.303 e. The van der Waals surface area contributed by atoms with Gasteiger partial charge in [0.1, 0.15) is 0 Å². The van der Waals surface area contributed by atoms with Gasteiger partial charge in [-0.25, -0.2) is 4.57 Å². The van der Waals surface area contributed by atoms with Crippen molar-refractivity contribution in [1.82, 2.24) is 0 Å². The van der Waals surface area contributed by atoms with Crippen LogP contribution in [0.3, 0.4) is 0 Å². The number of unbranched alkanes of at least 4 members (excludes halogenated alkanes) is 13. The standard InChI is InChI=1S/C24H43.K.H3O4P/c1-4-5-6-7-8-9-10-11-12-13-14-15-16-18-21-24(3)22-19-17-20-23(24)2;;1-5(2,3)4/h17,19-20,22-23H,1,4-16,18,21H2,2-3H3;;(H3,1,2,3,4). The van der Waals surface area contributed by atoms with Gasteiger partial charge in [0, 0.05) is 0 Å². The van der Waals surface area contributed by atoms with Gasteiger partial charge in [-0.3, -0.25) is 0 Å². The molecule has 0 aromatic carbocycles. The number of hydrogen-bond acceptors (Lipinski definition) is 1. The maximum Gasteiger partial charge on any atom is 0.466 e.